The second kappa shape index (κ2) is 16.5. The van der Waals surface area contributed by atoms with E-state index < -0.39 is 11.9 Å². The van der Waals surface area contributed by atoms with Crippen LogP contribution >= 0.6 is 0 Å². The molecule has 0 amide bonds. The molecule has 0 aliphatic heterocycles. The number of carboxylic acids is 2. The number of nitrogens with one attached hydrogen (secondary N) is 2. The molecule has 4 N–H and O–H groups in total. The first kappa shape index (κ1) is 26.2. The van der Waals surface area contributed by atoms with Gasteiger partial charge in [-0.05, 0) is 0 Å². The van der Waals surface area contributed by atoms with Crippen LogP contribution in [-0.2, 0) is 30.7 Å². The van der Waals surface area contributed by atoms with E-state index in [1.807, 2.05) is 0 Å². The fourth-order valence-electron chi connectivity index (χ4n) is 1.13. The van der Waals surface area contributed by atoms with E-state index in [2.05, 4.69) is 0 Å². The minimum atomic E-state index is -0.833. The first-order valence-corrected chi connectivity index (χ1v) is 5.08. The van der Waals surface area contributed by atoms with Crippen molar-refractivity contribution in [1.82, 2.24) is 0 Å². The fourth-order valence-corrected chi connectivity index (χ4v) is 1.13. The Kier molecular flexibility index (Phi) is 24.1. The molecule has 1 aliphatic carbocycles. The maximum atomic E-state index is 9.00. The van der Waals surface area contributed by atoms with Crippen LogP contribution in [0, 0.1) is 7.43 Å². The van der Waals surface area contributed by atoms with Crippen LogP contribution in [-0.4, -0.2) is 34.2 Å². The molecule has 6 nitrogen and oxygen atoms in total. The largest absolute Gasteiger partial charge is 0.676 e. The Balaban J connectivity index is -0.0000000860. The summed E-state index contributed by atoms with van der Waals surface area (Å²) in [5.41, 5.74) is 14.6. The molecule has 2 unspecified atom stereocenters. The molecule has 114 valence electrons. The molecule has 2 atom stereocenters. The van der Waals surface area contributed by atoms with Crippen molar-refractivity contribution < 1.29 is 40.9 Å². The van der Waals surface area contributed by atoms with Gasteiger partial charge in [-0.3, -0.25) is 9.59 Å². The molecule has 1 saturated carbocycles. The Morgan fingerprint density at radius 1 is 0.944 bits per heavy atom. The molecular formula is C11H23N2O4Pt-3. The van der Waals surface area contributed by atoms with Gasteiger partial charge in [0.1, 0.15) is 0 Å². The van der Waals surface area contributed by atoms with Crippen LogP contribution in [0.25, 0.3) is 11.5 Å². The van der Waals surface area contributed by atoms with Crippen LogP contribution < -0.4 is 0 Å². The summed E-state index contributed by atoms with van der Waals surface area (Å²) in [5.74, 6) is -1.67. The second-order valence-electron chi connectivity index (χ2n) is 3.54. The molecule has 18 heavy (non-hydrogen) atoms. The smallest absolute Gasteiger partial charge is 0.300 e. The molecule has 1 rings (SSSR count). The van der Waals surface area contributed by atoms with Gasteiger partial charge in [0.15, 0.2) is 0 Å². The number of carbonyl (C=O) groups is 2. The van der Waals surface area contributed by atoms with Crippen LogP contribution in [0.15, 0.2) is 0 Å². The van der Waals surface area contributed by atoms with Gasteiger partial charge in [0.2, 0.25) is 0 Å². The summed E-state index contributed by atoms with van der Waals surface area (Å²) in [5, 5.41) is 14.8. The fraction of sp³-hybridized carbons (Fsp3) is 0.727. The molecule has 0 heterocycles. The van der Waals surface area contributed by atoms with Crippen LogP contribution in [0.4, 0.5) is 0 Å². The van der Waals surface area contributed by atoms with E-state index in [1.54, 1.807) is 0 Å². The molecule has 0 aromatic rings. The van der Waals surface area contributed by atoms with Gasteiger partial charge >= 0.3 is 0 Å². The van der Waals surface area contributed by atoms with Crippen molar-refractivity contribution in [3.8, 4) is 0 Å². The molecule has 0 aromatic carbocycles. The molecular weight excluding hydrogens is 419 g/mol. The van der Waals surface area contributed by atoms with E-state index in [0.29, 0.717) is 0 Å². The van der Waals surface area contributed by atoms with E-state index >= 15 is 0 Å². The number of aliphatic carboxylic acids is 2. The van der Waals surface area contributed by atoms with E-state index in [-0.39, 0.29) is 40.6 Å². The first-order valence-electron chi connectivity index (χ1n) is 5.08. The average molecular weight is 442 g/mol. The topological polar surface area (TPSA) is 122 Å². The summed E-state index contributed by atoms with van der Waals surface area (Å²) in [6.45, 7) is 2.17. The quantitative estimate of drug-likeness (QED) is 0.560. The van der Waals surface area contributed by atoms with Gasteiger partial charge < -0.3 is 29.1 Å². The van der Waals surface area contributed by atoms with Gasteiger partial charge in [-0.15, -0.1) is 0 Å². The van der Waals surface area contributed by atoms with E-state index in [9.17, 15) is 0 Å². The van der Waals surface area contributed by atoms with Gasteiger partial charge in [-0.25, -0.2) is 0 Å². The molecule has 0 bridgehead atoms. The average Bonchev–Trinajstić information content (AvgIpc) is 2.08. The monoisotopic (exact) mass is 442 g/mol. The van der Waals surface area contributed by atoms with Crippen LogP contribution in [0.5, 0.6) is 0 Å². The summed E-state index contributed by atoms with van der Waals surface area (Å²) >= 11 is 0. The molecule has 0 spiro atoms. The molecule has 0 aromatic heterocycles. The number of carboxylic acid groups (broad SMARTS) is 2. The number of rotatable bonds is 0. The summed E-state index contributed by atoms with van der Waals surface area (Å²) in [6, 6.07) is -0.160. The molecule has 7 heteroatoms. The minimum absolute atomic E-state index is 0. The third-order valence-corrected chi connectivity index (χ3v) is 1.77. The van der Waals surface area contributed by atoms with Crippen molar-refractivity contribution in [3.05, 3.63) is 18.9 Å². The Morgan fingerprint density at radius 2 is 1.11 bits per heavy atom. The Bertz CT molecular complexity index is 185. The van der Waals surface area contributed by atoms with Crippen LogP contribution in [0.2, 0.25) is 0 Å². The summed E-state index contributed by atoms with van der Waals surface area (Å²) < 4.78 is 0. The molecule has 0 saturated heterocycles. The number of hydrogen-bond acceptors (Lipinski definition) is 2. The minimum Gasteiger partial charge on any atom is -0.676 e. The summed E-state index contributed by atoms with van der Waals surface area (Å²) in [6.07, 6.45) is 4.25. The van der Waals surface area contributed by atoms with Gasteiger partial charge in [-0.2, -0.15) is 12.1 Å². The Labute approximate surface area is 123 Å². The number of hydrogen-bond donors (Lipinski definition) is 2. The zero-order chi connectivity index (χ0) is 13.1. The Hall–Kier alpha value is -0.452. The maximum Gasteiger partial charge on any atom is 0.300 e. The van der Waals surface area contributed by atoms with Gasteiger partial charge in [0, 0.05) is 34.9 Å². The first-order chi connectivity index (χ1) is 7.27. The van der Waals surface area contributed by atoms with Crippen molar-refractivity contribution in [2.75, 3.05) is 0 Å². The van der Waals surface area contributed by atoms with Crippen molar-refractivity contribution >= 4 is 11.9 Å². The molecule has 0 radical (unpaired) electrons. The molecule has 1 fully saturated rings. The third-order valence-electron chi connectivity index (χ3n) is 1.77. The third kappa shape index (κ3) is 29.6. The molecule has 1 aliphatic rings. The van der Waals surface area contributed by atoms with E-state index in [1.165, 1.54) is 12.8 Å². The maximum absolute atomic E-state index is 9.00. The van der Waals surface area contributed by atoms with Gasteiger partial charge in [-0.1, -0.05) is 25.7 Å². The van der Waals surface area contributed by atoms with Gasteiger partial charge in [0.25, 0.3) is 11.9 Å². The van der Waals surface area contributed by atoms with Crippen molar-refractivity contribution in [2.45, 2.75) is 51.6 Å². The predicted molar refractivity (Wildman–Crippen MR) is 67.7 cm³/mol. The van der Waals surface area contributed by atoms with Crippen LogP contribution in [0.3, 0.4) is 0 Å². The normalized spacial score (nSPS) is 20.4. The summed E-state index contributed by atoms with van der Waals surface area (Å²) in [7, 11) is 0. The van der Waals surface area contributed by atoms with Crippen molar-refractivity contribution in [2.24, 2.45) is 0 Å². The standard InChI is InChI=1S/C6H12N2.2C2H4O2.CH3.Pt/c7-5-3-1-2-4-6(5)8;2*1-2(3)4;;/h5-8H,1-4H2;2*1H3,(H,3,4);1H3;/q-2;;;-1;. The van der Waals surface area contributed by atoms with E-state index in [0.717, 1.165) is 26.7 Å². The summed E-state index contributed by atoms with van der Waals surface area (Å²) in [4.78, 5) is 18.0. The Morgan fingerprint density at radius 3 is 1.22 bits per heavy atom. The second-order valence-corrected chi connectivity index (χ2v) is 3.54. The van der Waals surface area contributed by atoms with Crippen molar-refractivity contribution in [3.63, 3.8) is 0 Å². The zero-order valence-corrected chi connectivity index (χ0v) is 13.3. The zero-order valence-electron chi connectivity index (χ0n) is 11.0. The van der Waals surface area contributed by atoms with Crippen molar-refractivity contribution in [1.29, 1.82) is 0 Å². The predicted octanol–water partition coefficient (Wildman–Crippen LogP) is 3.03. The van der Waals surface area contributed by atoms with Crippen LogP contribution in [0.1, 0.15) is 39.5 Å². The van der Waals surface area contributed by atoms with E-state index in [4.69, 9.17) is 31.3 Å². The van der Waals surface area contributed by atoms with Gasteiger partial charge in [0.05, 0.1) is 0 Å². The SMILES string of the molecule is CC(=O)O.CC(=O)O.[CH3-].[NH-]C1CCCCC1[NH-].[Pt].